The summed E-state index contributed by atoms with van der Waals surface area (Å²) in [6, 6.07) is 1.78. The second-order valence-electron chi connectivity index (χ2n) is 3.40. The van der Waals surface area contributed by atoms with Gasteiger partial charge in [0.1, 0.15) is 4.88 Å². The third kappa shape index (κ3) is 3.41. The van der Waals surface area contributed by atoms with Gasteiger partial charge in [-0.1, -0.05) is 13.3 Å². The van der Waals surface area contributed by atoms with Crippen LogP contribution in [0, 0.1) is 0 Å². The molecule has 0 radical (unpaired) electrons. The number of nitrogens with two attached hydrogens (primary N) is 1. The number of carbonyl (C=O) groups is 1. The lowest BCUT2D eigenvalue weighted by Crippen LogP contribution is -2.04. The van der Waals surface area contributed by atoms with Gasteiger partial charge in [0.25, 0.3) is 0 Å². The van der Waals surface area contributed by atoms with E-state index in [9.17, 15) is 4.79 Å². The Kier molecular flexibility index (Phi) is 5.11. The van der Waals surface area contributed by atoms with Crippen molar-refractivity contribution < 1.29 is 9.53 Å². The highest BCUT2D eigenvalue weighted by Crippen LogP contribution is 2.29. The van der Waals surface area contributed by atoms with E-state index in [1.165, 1.54) is 11.3 Å². The molecular formula is C11H18N2O2S. The van der Waals surface area contributed by atoms with Crippen LogP contribution in [0.3, 0.4) is 0 Å². The van der Waals surface area contributed by atoms with Crippen molar-refractivity contribution in [1.82, 2.24) is 0 Å². The normalized spacial score (nSPS) is 10.1. The molecule has 0 spiro atoms. The second kappa shape index (κ2) is 6.37. The summed E-state index contributed by atoms with van der Waals surface area (Å²) < 4.78 is 4.91. The molecular weight excluding hydrogens is 224 g/mol. The predicted molar refractivity (Wildman–Crippen MR) is 68.1 cm³/mol. The van der Waals surface area contributed by atoms with Gasteiger partial charge in [0.2, 0.25) is 0 Å². The fraction of sp³-hybridized carbons (Fsp3) is 0.545. The number of ether oxygens (including phenoxy) is 1. The van der Waals surface area contributed by atoms with Gasteiger partial charge in [-0.25, -0.2) is 4.79 Å². The van der Waals surface area contributed by atoms with Crippen LogP contribution in [0.25, 0.3) is 0 Å². The topological polar surface area (TPSA) is 64.3 Å². The molecule has 0 aliphatic carbocycles. The Bertz CT molecular complexity index is 350. The number of nitrogens with one attached hydrogen (secondary N) is 1. The van der Waals surface area contributed by atoms with Gasteiger partial charge in [-0.3, -0.25) is 0 Å². The quantitative estimate of drug-likeness (QED) is 0.594. The number of thiophene rings is 1. The zero-order chi connectivity index (χ0) is 12.0. The molecule has 0 bridgehead atoms. The van der Waals surface area contributed by atoms with Crippen LogP contribution in [-0.2, 0) is 4.74 Å². The van der Waals surface area contributed by atoms with Gasteiger partial charge in [-0.15, -0.1) is 11.3 Å². The number of carbonyl (C=O) groups excluding carboxylic acids is 1. The maximum Gasteiger partial charge on any atom is 0.350 e. The first-order chi connectivity index (χ1) is 7.69. The second-order valence-corrected chi connectivity index (χ2v) is 4.45. The van der Waals surface area contributed by atoms with Crippen molar-refractivity contribution in [3.05, 3.63) is 10.9 Å². The third-order valence-electron chi connectivity index (χ3n) is 2.05. The summed E-state index contributed by atoms with van der Waals surface area (Å²) in [5, 5.41) is 4.16. The first-order valence-corrected chi connectivity index (χ1v) is 6.31. The number of nitrogen functional groups attached to an aromatic ring is 1. The minimum atomic E-state index is -0.339. The van der Waals surface area contributed by atoms with Crippen LogP contribution in [-0.4, -0.2) is 19.1 Å². The molecule has 0 unspecified atom stereocenters. The molecule has 1 heterocycles. The monoisotopic (exact) mass is 242 g/mol. The summed E-state index contributed by atoms with van der Waals surface area (Å²) in [7, 11) is 0. The molecule has 0 aliphatic heterocycles. The Hall–Kier alpha value is -1.23. The van der Waals surface area contributed by atoms with Gasteiger partial charge < -0.3 is 15.8 Å². The van der Waals surface area contributed by atoms with Crippen molar-refractivity contribution in [2.45, 2.75) is 26.7 Å². The molecule has 1 rings (SSSR count). The SMILES string of the molecule is CCCCNc1cc(N)c(C(=O)OCC)s1. The molecule has 0 aliphatic rings. The summed E-state index contributed by atoms with van der Waals surface area (Å²) in [5.41, 5.74) is 6.23. The maximum absolute atomic E-state index is 11.5. The molecule has 90 valence electrons. The van der Waals surface area contributed by atoms with Crippen molar-refractivity contribution in [2.75, 3.05) is 24.2 Å². The molecule has 0 saturated carbocycles. The van der Waals surface area contributed by atoms with E-state index in [1.54, 1.807) is 13.0 Å². The van der Waals surface area contributed by atoms with Crippen molar-refractivity contribution in [3.63, 3.8) is 0 Å². The number of anilines is 2. The van der Waals surface area contributed by atoms with Crippen LogP contribution in [0.1, 0.15) is 36.4 Å². The van der Waals surface area contributed by atoms with Crippen molar-refractivity contribution in [1.29, 1.82) is 0 Å². The average Bonchev–Trinajstić information content (AvgIpc) is 2.61. The summed E-state index contributed by atoms with van der Waals surface area (Å²) >= 11 is 1.35. The van der Waals surface area contributed by atoms with Crippen LogP contribution >= 0.6 is 11.3 Å². The Morgan fingerprint density at radius 2 is 2.31 bits per heavy atom. The van der Waals surface area contributed by atoms with E-state index >= 15 is 0 Å². The van der Waals surface area contributed by atoms with Gasteiger partial charge in [-0.2, -0.15) is 0 Å². The van der Waals surface area contributed by atoms with Crippen LogP contribution in [0.15, 0.2) is 6.07 Å². The largest absolute Gasteiger partial charge is 0.462 e. The first kappa shape index (κ1) is 12.8. The average molecular weight is 242 g/mol. The Morgan fingerprint density at radius 3 is 2.94 bits per heavy atom. The summed E-state index contributed by atoms with van der Waals surface area (Å²) in [4.78, 5) is 12.0. The van der Waals surface area contributed by atoms with Gasteiger partial charge in [0.05, 0.1) is 17.3 Å². The lowest BCUT2D eigenvalue weighted by atomic mass is 10.3. The van der Waals surface area contributed by atoms with Gasteiger partial charge in [0, 0.05) is 6.54 Å². The number of rotatable bonds is 6. The van der Waals surface area contributed by atoms with E-state index in [2.05, 4.69) is 12.2 Å². The van der Waals surface area contributed by atoms with Gasteiger partial charge in [0.15, 0.2) is 0 Å². The van der Waals surface area contributed by atoms with E-state index in [0.29, 0.717) is 17.2 Å². The molecule has 1 aromatic heterocycles. The molecule has 0 saturated heterocycles. The smallest absolute Gasteiger partial charge is 0.350 e. The number of hydrogen-bond acceptors (Lipinski definition) is 5. The number of unbranched alkanes of at least 4 members (excludes halogenated alkanes) is 1. The molecule has 0 fully saturated rings. The molecule has 5 heteroatoms. The summed E-state index contributed by atoms with van der Waals surface area (Å²) in [6.07, 6.45) is 2.24. The Morgan fingerprint density at radius 1 is 1.56 bits per heavy atom. The van der Waals surface area contributed by atoms with Crippen LogP contribution in [0.5, 0.6) is 0 Å². The zero-order valence-corrected chi connectivity index (χ0v) is 10.5. The fourth-order valence-electron chi connectivity index (χ4n) is 1.24. The molecule has 0 amide bonds. The van der Waals surface area contributed by atoms with E-state index in [4.69, 9.17) is 10.5 Å². The highest BCUT2D eigenvalue weighted by molar-refractivity contribution is 7.18. The lowest BCUT2D eigenvalue weighted by molar-refractivity contribution is 0.0533. The Labute approximate surface area is 99.8 Å². The van der Waals surface area contributed by atoms with Crippen molar-refractivity contribution >= 4 is 28.0 Å². The fourth-order valence-corrected chi connectivity index (χ4v) is 2.14. The number of hydrogen-bond donors (Lipinski definition) is 2. The van der Waals surface area contributed by atoms with Gasteiger partial charge >= 0.3 is 5.97 Å². The lowest BCUT2D eigenvalue weighted by Gasteiger charge is -2.00. The summed E-state index contributed by atoms with van der Waals surface area (Å²) in [6.45, 7) is 5.18. The molecule has 4 nitrogen and oxygen atoms in total. The van der Waals surface area contributed by atoms with Gasteiger partial charge in [-0.05, 0) is 19.4 Å². The molecule has 3 N–H and O–H groups in total. The minimum absolute atomic E-state index is 0.339. The van der Waals surface area contributed by atoms with Crippen LogP contribution < -0.4 is 11.1 Å². The molecule has 0 aromatic carbocycles. The highest BCUT2D eigenvalue weighted by atomic mass is 32.1. The van der Waals surface area contributed by atoms with Crippen molar-refractivity contribution in [2.24, 2.45) is 0 Å². The van der Waals surface area contributed by atoms with E-state index in [0.717, 1.165) is 24.4 Å². The Balaban J connectivity index is 2.62. The van der Waals surface area contributed by atoms with E-state index in [1.807, 2.05) is 0 Å². The standard InChI is InChI=1S/C11H18N2O2S/c1-3-5-6-13-9-7-8(12)10(16-9)11(14)15-4-2/h7,13H,3-6,12H2,1-2H3. The zero-order valence-electron chi connectivity index (χ0n) is 9.71. The van der Waals surface area contributed by atoms with Crippen LogP contribution in [0.4, 0.5) is 10.7 Å². The van der Waals surface area contributed by atoms with Crippen LogP contribution in [0.2, 0.25) is 0 Å². The van der Waals surface area contributed by atoms with E-state index in [-0.39, 0.29) is 5.97 Å². The summed E-state index contributed by atoms with van der Waals surface area (Å²) in [5.74, 6) is -0.339. The predicted octanol–water partition coefficient (Wildman–Crippen LogP) is 2.72. The highest BCUT2D eigenvalue weighted by Gasteiger charge is 2.14. The van der Waals surface area contributed by atoms with Crippen molar-refractivity contribution in [3.8, 4) is 0 Å². The molecule has 1 aromatic rings. The molecule has 16 heavy (non-hydrogen) atoms. The number of esters is 1. The minimum Gasteiger partial charge on any atom is -0.462 e. The first-order valence-electron chi connectivity index (χ1n) is 5.49. The maximum atomic E-state index is 11.5. The van der Waals surface area contributed by atoms with E-state index < -0.39 is 0 Å². The third-order valence-corrected chi connectivity index (χ3v) is 3.14. The molecule has 0 atom stereocenters.